The Bertz CT molecular complexity index is 771. The number of nitrogens with zero attached hydrogens (tertiary/aromatic N) is 2. The largest absolute Gasteiger partial charge is 0.304 e. The molecule has 4 heteroatoms. The number of fused-ring (bicyclic) bond motifs is 3. The number of hydrogen-bond donors (Lipinski definition) is 0. The smallest absolute Gasteiger partial charge is 0.258 e. The van der Waals surface area contributed by atoms with Crippen molar-refractivity contribution >= 4 is 23.2 Å². The summed E-state index contributed by atoms with van der Waals surface area (Å²) < 4.78 is 0. The van der Waals surface area contributed by atoms with E-state index in [-0.39, 0.29) is 11.9 Å². The molecule has 2 atom stereocenters. The second-order valence-corrected chi connectivity index (χ2v) is 7.08. The van der Waals surface area contributed by atoms with Gasteiger partial charge in [-0.15, -0.1) is 0 Å². The van der Waals surface area contributed by atoms with Crippen LogP contribution in [0.5, 0.6) is 0 Å². The number of hydrogen-bond acceptors (Lipinski definition) is 2. The summed E-state index contributed by atoms with van der Waals surface area (Å²) in [6.07, 6.45) is 0. The normalized spacial score (nSPS) is 23.0. The number of amides is 1. The number of benzene rings is 2. The minimum atomic E-state index is 0.0644. The number of anilines is 1. The summed E-state index contributed by atoms with van der Waals surface area (Å²) in [5.41, 5.74) is 4.31. The van der Waals surface area contributed by atoms with E-state index in [0.717, 1.165) is 18.8 Å². The first-order chi connectivity index (χ1) is 11.0. The molecule has 2 aliphatic rings. The van der Waals surface area contributed by atoms with Crippen LogP contribution in [0.3, 0.4) is 0 Å². The Kier molecular flexibility index (Phi) is 3.43. The van der Waals surface area contributed by atoms with E-state index < -0.39 is 0 Å². The van der Waals surface area contributed by atoms with Crippen LogP contribution in [0.15, 0.2) is 42.5 Å². The topological polar surface area (TPSA) is 23.6 Å². The number of aryl methyl sites for hydroxylation is 1. The van der Waals surface area contributed by atoms with Crippen molar-refractivity contribution in [3.05, 3.63) is 64.2 Å². The maximum atomic E-state index is 13.1. The Labute approximate surface area is 141 Å². The Morgan fingerprint density at radius 3 is 2.61 bits per heavy atom. The summed E-state index contributed by atoms with van der Waals surface area (Å²) in [7, 11) is 2.12. The highest BCUT2D eigenvalue weighted by molar-refractivity contribution is 6.30. The molecule has 2 aromatic carbocycles. The second kappa shape index (κ2) is 5.36. The molecule has 2 aliphatic heterocycles. The summed E-state index contributed by atoms with van der Waals surface area (Å²) in [6, 6.07) is 13.8. The van der Waals surface area contributed by atoms with Gasteiger partial charge in [-0.25, -0.2) is 0 Å². The third-order valence-corrected chi connectivity index (χ3v) is 5.21. The van der Waals surface area contributed by atoms with Crippen LogP contribution in [0, 0.1) is 6.92 Å². The average Bonchev–Trinajstić information content (AvgIpc) is 3.02. The average molecular weight is 327 g/mol. The zero-order valence-corrected chi connectivity index (χ0v) is 14.0. The predicted octanol–water partition coefficient (Wildman–Crippen LogP) is 3.71. The maximum absolute atomic E-state index is 13.1. The van der Waals surface area contributed by atoms with Crippen molar-refractivity contribution in [3.63, 3.8) is 0 Å². The number of halogens is 1. The van der Waals surface area contributed by atoms with Crippen LogP contribution in [-0.2, 0) is 0 Å². The lowest BCUT2D eigenvalue weighted by molar-refractivity contribution is 0.0979. The molecule has 1 saturated heterocycles. The van der Waals surface area contributed by atoms with Crippen LogP contribution < -0.4 is 4.90 Å². The van der Waals surface area contributed by atoms with E-state index >= 15 is 0 Å². The molecule has 0 aromatic heterocycles. The quantitative estimate of drug-likeness (QED) is 0.797. The van der Waals surface area contributed by atoms with Crippen molar-refractivity contribution < 1.29 is 4.79 Å². The van der Waals surface area contributed by atoms with E-state index in [0.29, 0.717) is 16.5 Å². The molecule has 4 rings (SSSR count). The fourth-order valence-corrected chi connectivity index (χ4v) is 4.03. The van der Waals surface area contributed by atoms with E-state index in [1.165, 1.54) is 11.1 Å². The van der Waals surface area contributed by atoms with Crippen LogP contribution >= 0.6 is 11.6 Å². The van der Waals surface area contributed by atoms with Gasteiger partial charge in [0.15, 0.2) is 0 Å². The van der Waals surface area contributed by atoms with Gasteiger partial charge >= 0.3 is 0 Å². The Morgan fingerprint density at radius 2 is 1.87 bits per heavy atom. The lowest BCUT2D eigenvalue weighted by atomic mass is 9.97. The zero-order chi connectivity index (χ0) is 16.1. The van der Waals surface area contributed by atoms with Gasteiger partial charge in [-0.1, -0.05) is 29.3 Å². The molecule has 0 saturated carbocycles. The first-order valence-electron chi connectivity index (χ1n) is 7.93. The fraction of sp³-hybridized carbons (Fsp3) is 0.316. The predicted molar refractivity (Wildman–Crippen MR) is 93.5 cm³/mol. The number of carbonyl (C=O) groups excluding carboxylic acids is 1. The van der Waals surface area contributed by atoms with Gasteiger partial charge in [-0.2, -0.15) is 0 Å². The van der Waals surface area contributed by atoms with Crippen LogP contribution in [0.25, 0.3) is 0 Å². The van der Waals surface area contributed by atoms with E-state index in [1.54, 1.807) is 12.1 Å². The zero-order valence-electron chi connectivity index (χ0n) is 13.3. The molecule has 0 aliphatic carbocycles. The lowest BCUT2D eigenvalue weighted by Crippen LogP contribution is -2.40. The maximum Gasteiger partial charge on any atom is 0.258 e. The first kappa shape index (κ1) is 14.7. The summed E-state index contributed by atoms with van der Waals surface area (Å²) in [6.45, 7) is 4.03. The minimum absolute atomic E-state index is 0.0644. The van der Waals surface area contributed by atoms with Crippen molar-refractivity contribution in [1.82, 2.24) is 4.90 Å². The highest BCUT2D eigenvalue weighted by Gasteiger charge is 2.46. The van der Waals surface area contributed by atoms with Crippen molar-refractivity contribution in [1.29, 1.82) is 0 Å². The molecule has 2 heterocycles. The van der Waals surface area contributed by atoms with E-state index in [2.05, 4.69) is 37.1 Å². The molecule has 2 aromatic rings. The van der Waals surface area contributed by atoms with E-state index in [9.17, 15) is 4.79 Å². The number of likely N-dealkylation sites (N-methyl/N-ethyl adjacent to an activating group) is 1. The molecular formula is C19H19ClN2O. The Morgan fingerprint density at radius 1 is 1.13 bits per heavy atom. The molecule has 118 valence electrons. The Hall–Kier alpha value is -1.84. The summed E-state index contributed by atoms with van der Waals surface area (Å²) in [5, 5.41) is 0.650. The van der Waals surface area contributed by atoms with Gasteiger partial charge in [-0.3, -0.25) is 4.79 Å². The Balaban J connectivity index is 1.78. The third-order valence-electron chi connectivity index (χ3n) is 4.96. The minimum Gasteiger partial charge on any atom is -0.304 e. The molecule has 1 fully saturated rings. The van der Waals surface area contributed by atoms with Gasteiger partial charge in [0.05, 0.1) is 6.04 Å². The van der Waals surface area contributed by atoms with Gasteiger partial charge in [0.1, 0.15) is 0 Å². The molecule has 0 bridgehead atoms. The first-order valence-corrected chi connectivity index (χ1v) is 8.30. The van der Waals surface area contributed by atoms with Crippen molar-refractivity contribution in [3.8, 4) is 0 Å². The van der Waals surface area contributed by atoms with Gasteiger partial charge in [0.2, 0.25) is 0 Å². The highest BCUT2D eigenvalue weighted by Crippen LogP contribution is 2.45. The molecule has 0 radical (unpaired) electrons. The fourth-order valence-electron chi connectivity index (χ4n) is 3.91. The number of rotatable bonds is 1. The third kappa shape index (κ3) is 2.35. The van der Waals surface area contributed by atoms with Crippen LogP contribution in [0.1, 0.15) is 27.4 Å². The lowest BCUT2D eigenvalue weighted by Gasteiger charge is -2.25. The number of likely N-dealkylation sites (tertiary alicyclic amines) is 1. The van der Waals surface area contributed by atoms with Gasteiger partial charge < -0.3 is 9.80 Å². The van der Waals surface area contributed by atoms with Gasteiger partial charge in [-0.05, 0) is 49.9 Å². The van der Waals surface area contributed by atoms with Crippen LogP contribution in [-0.4, -0.2) is 37.0 Å². The molecule has 23 heavy (non-hydrogen) atoms. The summed E-state index contributed by atoms with van der Waals surface area (Å²) in [4.78, 5) is 17.4. The molecule has 0 unspecified atom stereocenters. The summed E-state index contributed by atoms with van der Waals surface area (Å²) in [5.74, 6) is 0.473. The van der Waals surface area contributed by atoms with Crippen LogP contribution in [0.4, 0.5) is 5.69 Å². The van der Waals surface area contributed by atoms with Crippen molar-refractivity contribution in [2.75, 3.05) is 25.0 Å². The molecule has 3 nitrogen and oxygen atoms in total. The second-order valence-electron chi connectivity index (χ2n) is 6.64. The van der Waals surface area contributed by atoms with E-state index in [4.69, 9.17) is 11.6 Å². The highest BCUT2D eigenvalue weighted by atomic mass is 35.5. The molecule has 1 amide bonds. The molecule has 0 spiro atoms. The molecule has 0 N–H and O–H groups in total. The van der Waals surface area contributed by atoms with E-state index in [1.807, 2.05) is 17.0 Å². The van der Waals surface area contributed by atoms with Crippen LogP contribution in [0.2, 0.25) is 5.02 Å². The van der Waals surface area contributed by atoms with Gasteiger partial charge in [0.25, 0.3) is 5.91 Å². The molecular weight excluding hydrogens is 308 g/mol. The number of carbonyl (C=O) groups is 1. The van der Waals surface area contributed by atoms with Crippen molar-refractivity contribution in [2.24, 2.45) is 0 Å². The standard InChI is InChI=1S/C19H19ClN2O/c1-12-3-8-17-15(9-12)16-10-21(2)11-18(16)22(17)19(23)13-4-6-14(20)7-5-13/h3-9,16,18H,10-11H2,1-2H3/t16-,18-/m0/s1. The van der Waals surface area contributed by atoms with Gasteiger partial charge in [0, 0.05) is 35.3 Å². The monoisotopic (exact) mass is 326 g/mol. The SMILES string of the molecule is Cc1ccc2c(c1)[C@@H]1CN(C)C[C@@H]1N2C(=O)c1ccc(Cl)cc1. The summed E-state index contributed by atoms with van der Waals surface area (Å²) >= 11 is 5.95. The van der Waals surface area contributed by atoms with Crippen molar-refractivity contribution in [2.45, 2.75) is 18.9 Å².